The maximum absolute atomic E-state index is 11.5. The molecule has 0 aromatic heterocycles. The quantitative estimate of drug-likeness (QED) is 0.549. The molecule has 1 nitrogen and oxygen atoms in total. The molecule has 0 saturated carbocycles. The number of alkyl halides is 6. The van der Waals surface area contributed by atoms with Crippen LogP contribution >= 0.6 is 0 Å². The lowest BCUT2D eigenvalue weighted by Crippen LogP contribution is -2.21. The third kappa shape index (κ3) is 9.97. The first-order valence-electron chi connectivity index (χ1n) is 3.59. The van der Waals surface area contributed by atoms with E-state index < -0.39 is 47.9 Å². The standard InChI is InChI=1S/C6H8F6OS/c7-5(8,9)1-3-14(13)4-2-6(10,11)12/h1-4H2. The fourth-order valence-corrected chi connectivity index (χ4v) is 1.68. The zero-order valence-corrected chi connectivity index (χ0v) is 7.73. The molecular formula is C6H8F6OS. The van der Waals surface area contributed by atoms with Gasteiger partial charge in [0.1, 0.15) is 11.5 Å². The SMILES string of the molecule is [O-][S+](CCC(F)(F)F)CCC(F)(F)F. The summed E-state index contributed by atoms with van der Waals surface area (Å²) < 4.78 is 79.8. The molecular weight excluding hydrogens is 234 g/mol. The van der Waals surface area contributed by atoms with E-state index in [1.807, 2.05) is 0 Å². The van der Waals surface area contributed by atoms with E-state index in [0.29, 0.717) is 0 Å². The summed E-state index contributed by atoms with van der Waals surface area (Å²) in [5.41, 5.74) is 0. The maximum Gasteiger partial charge on any atom is 0.393 e. The number of hydrogen-bond donors (Lipinski definition) is 0. The predicted molar refractivity (Wildman–Crippen MR) is 39.2 cm³/mol. The fraction of sp³-hybridized carbons (Fsp3) is 1.00. The second kappa shape index (κ2) is 5.11. The molecule has 86 valence electrons. The second-order valence-electron chi connectivity index (χ2n) is 2.58. The van der Waals surface area contributed by atoms with E-state index in [2.05, 4.69) is 0 Å². The Labute approximate surface area is 79.7 Å². The molecule has 0 saturated heterocycles. The molecule has 0 aliphatic rings. The number of rotatable bonds is 4. The Morgan fingerprint density at radius 2 is 1.07 bits per heavy atom. The Morgan fingerprint density at radius 1 is 0.786 bits per heavy atom. The smallest absolute Gasteiger partial charge is 0.393 e. The lowest BCUT2D eigenvalue weighted by atomic mass is 10.5. The molecule has 0 radical (unpaired) electrons. The third-order valence-electron chi connectivity index (χ3n) is 1.23. The van der Waals surface area contributed by atoms with E-state index in [0.717, 1.165) is 0 Å². The summed E-state index contributed by atoms with van der Waals surface area (Å²) in [6, 6.07) is 0. The van der Waals surface area contributed by atoms with Crippen molar-refractivity contribution in [3.63, 3.8) is 0 Å². The highest BCUT2D eigenvalue weighted by Crippen LogP contribution is 2.23. The Hall–Kier alpha value is -0.110. The fourth-order valence-electron chi connectivity index (χ4n) is 0.561. The zero-order valence-electron chi connectivity index (χ0n) is 6.91. The van der Waals surface area contributed by atoms with Gasteiger partial charge in [-0.05, 0) is 0 Å². The molecule has 0 fully saturated rings. The van der Waals surface area contributed by atoms with Gasteiger partial charge in [-0.3, -0.25) is 0 Å². The minimum Gasteiger partial charge on any atom is -0.616 e. The van der Waals surface area contributed by atoms with Crippen LogP contribution in [-0.4, -0.2) is 28.4 Å². The molecule has 0 bridgehead atoms. The molecule has 0 aliphatic carbocycles. The molecule has 0 amide bonds. The van der Waals surface area contributed by atoms with Crippen LogP contribution in [0.4, 0.5) is 26.3 Å². The topological polar surface area (TPSA) is 23.1 Å². The molecule has 0 unspecified atom stereocenters. The molecule has 0 N–H and O–H groups in total. The summed E-state index contributed by atoms with van der Waals surface area (Å²) in [6.45, 7) is 0. The van der Waals surface area contributed by atoms with Crippen LogP contribution in [0, 0.1) is 0 Å². The van der Waals surface area contributed by atoms with Gasteiger partial charge in [0, 0.05) is 0 Å². The summed E-state index contributed by atoms with van der Waals surface area (Å²) in [5, 5.41) is 0. The highest BCUT2D eigenvalue weighted by atomic mass is 32.2. The van der Waals surface area contributed by atoms with Crippen LogP contribution in [-0.2, 0) is 11.2 Å². The van der Waals surface area contributed by atoms with Gasteiger partial charge in [0.15, 0.2) is 0 Å². The third-order valence-corrected chi connectivity index (χ3v) is 2.55. The first-order valence-corrected chi connectivity index (χ1v) is 5.07. The summed E-state index contributed by atoms with van der Waals surface area (Å²) in [7, 11) is 0. The summed E-state index contributed by atoms with van der Waals surface area (Å²) in [6.07, 6.45) is -11.5. The van der Waals surface area contributed by atoms with Gasteiger partial charge in [0.05, 0.1) is 12.8 Å². The van der Waals surface area contributed by atoms with Crippen molar-refractivity contribution in [2.45, 2.75) is 25.2 Å². The summed E-state index contributed by atoms with van der Waals surface area (Å²) in [5.74, 6) is -1.53. The monoisotopic (exact) mass is 242 g/mol. The Morgan fingerprint density at radius 3 is 1.29 bits per heavy atom. The van der Waals surface area contributed by atoms with E-state index in [-0.39, 0.29) is 0 Å². The molecule has 0 rings (SSSR count). The van der Waals surface area contributed by atoms with Crippen molar-refractivity contribution in [2.75, 3.05) is 11.5 Å². The normalized spacial score (nSPS) is 13.7. The van der Waals surface area contributed by atoms with E-state index in [1.165, 1.54) is 0 Å². The van der Waals surface area contributed by atoms with Crippen molar-refractivity contribution < 1.29 is 30.9 Å². The lowest BCUT2D eigenvalue weighted by Gasteiger charge is -2.13. The van der Waals surface area contributed by atoms with Gasteiger partial charge in [-0.15, -0.1) is 0 Å². The van der Waals surface area contributed by atoms with Gasteiger partial charge in [-0.25, -0.2) is 0 Å². The van der Waals surface area contributed by atoms with Crippen molar-refractivity contribution in [1.82, 2.24) is 0 Å². The van der Waals surface area contributed by atoms with E-state index >= 15 is 0 Å². The van der Waals surface area contributed by atoms with Gasteiger partial charge < -0.3 is 4.55 Å². The van der Waals surface area contributed by atoms with Gasteiger partial charge in [0.2, 0.25) is 0 Å². The highest BCUT2D eigenvalue weighted by molar-refractivity contribution is 7.91. The van der Waals surface area contributed by atoms with Crippen molar-refractivity contribution >= 4 is 11.2 Å². The number of hydrogen-bond acceptors (Lipinski definition) is 1. The van der Waals surface area contributed by atoms with E-state index in [1.54, 1.807) is 0 Å². The van der Waals surface area contributed by atoms with Gasteiger partial charge in [-0.2, -0.15) is 26.3 Å². The van der Waals surface area contributed by atoms with Gasteiger partial charge in [-0.1, -0.05) is 11.2 Å². The van der Waals surface area contributed by atoms with Crippen LogP contribution in [0.15, 0.2) is 0 Å². The molecule has 0 heterocycles. The Bertz CT molecular complexity index is 147. The first-order chi connectivity index (χ1) is 6.10. The minimum atomic E-state index is -4.46. The molecule has 8 heteroatoms. The van der Waals surface area contributed by atoms with Gasteiger partial charge in [0.25, 0.3) is 0 Å². The summed E-state index contributed by atoms with van der Waals surface area (Å²) >= 11 is -2.05. The van der Waals surface area contributed by atoms with Crippen LogP contribution in [0.25, 0.3) is 0 Å². The van der Waals surface area contributed by atoms with Crippen LogP contribution in [0.3, 0.4) is 0 Å². The van der Waals surface area contributed by atoms with Crippen LogP contribution in [0.2, 0.25) is 0 Å². The van der Waals surface area contributed by atoms with Crippen LogP contribution in [0.1, 0.15) is 12.8 Å². The molecule has 0 aliphatic heterocycles. The van der Waals surface area contributed by atoms with Crippen molar-refractivity contribution in [1.29, 1.82) is 0 Å². The number of halogens is 6. The molecule has 14 heavy (non-hydrogen) atoms. The van der Waals surface area contributed by atoms with E-state index in [9.17, 15) is 30.9 Å². The average molecular weight is 242 g/mol. The zero-order chi connectivity index (χ0) is 11.4. The highest BCUT2D eigenvalue weighted by Gasteiger charge is 2.32. The Balaban J connectivity index is 3.62. The van der Waals surface area contributed by atoms with E-state index in [4.69, 9.17) is 0 Å². The second-order valence-corrected chi connectivity index (χ2v) is 4.27. The van der Waals surface area contributed by atoms with Gasteiger partial charge >= 0.3 is 12.4 Å². The minimum absolute atomic E-state index is 0.764. The van der Waals surface area contributed by atoms with Crippen LogP contribution < -0.4 is 0 Å². The molecule has 0 atom stereocenters. The average Bonchev–Trinajstić information content (AvgIpc) is 1.94. The van der Waals surface area contributed by atoms with Crippen molar-refractivity contribution in [2.24, 2.45) is 0 Å². The Kier molecular flexibility index (Phi) is 5.07. The molecule has 0 spiro atoms. The lowest BCUT2D eigenvalue weighted by molar-refractivity contribution is -0.130. The van der Waals surface area contributed by atoms with Crippen molar-refractivity contribution in [3.8, 4) is 0 Å². The molecule has 0 aromatic rings. The molecule has 0 aromatic carbocycles. The maximum atomic E-state index is 11.5. The van der Waals surface area contributed by atoms with Crippen molar-refractivity contribution in [3.05, 3.63) is 0 Å². The summed E-state index contributed by atoms with van der Waals surface area (Å²) in [4.78, 5) is 0. The largest absolute Gasteiger partial charge is 0.616 e. The predicted octanol–water partition coefficient (Wildman–Crippen LogP) is 2.64. The first kappa shape index (κ1) is 13.9. The van der Waals surface area contributed by atoms with Crippen LogP contribution in [0.5, 0.6) is 0 Å².